The molecule has 3 aliphatic carbocycles. The minimum atomic E-state index is -0.788. The third kappa shape index (κ3) is 3.81. The number of hydrogen-bond acceptors (Lipinski definition) is 5. The number of alkyl halides is 1. The largest absolute Gasteiger partial charge is 0.363 e. The van der Waals surface area contributed by atoms with Crippen LogP contribution in [0, 0.1) is 5.41 Å². The minimum Gasteiger partial charge on any atom is -0.363 e. The normalized spacial score (nSPS) is 24.7. The summed E-state index contributed by atoms with van der Waals surface area (Å²) < 4.78 is 17.7. The molecule has 4 aliphatic rings. The first-order valence-electron chi connectivity index (χ1n) is 12.5. The Labute approximate surface area is 203 Å². The Morgan fingerprint density at radius 2 is 1.86 bits per heavy atom. The summed E-state index contributed by atoms with van der Waals surface area (Å²) in [6.45, 7) is 2.38. The Hall–Kier alpha value is -3.55. The smallest absolute Gasteiger partial charge is 0.137 e. The topological polar surface area (TPSA) is 64.1 Å². The van der Waals surface area contributed by atoms with E-state index in [-0.39, 0.29) is 0 Å². The molecule has 35 heavy (non-hydrogen) atoms. The molecule has 0 aromatic carbocycles. The predicted octanol–water partition coefficient (Wildman–Crippen LogP) is 4.63. The summed E-state index contributed by atoms with van der Waals surface area (Å²) in [6, 6.07) is 6.35. The van der Waals surface area contributed by atoms with Crippen molar-refractivity contribution in [1.29, 1.82) is 0 Å². The summed E-state index contributed by atoms with van der Waals surface area (Å²) in [7, 11) is 0. The number of imidazole rings is 1. The van der Waals surface area contributed by atoms with E-state index in [2.05, 4.69) is 67.3 Å². The fourth-order valence-corrected chi connectivity index (χ4v) is 6.21. The molecule has 8 heteroatoms. The van der Waals surface area contributed by atoms with E-state index in [0.29, 0.717) is 12.0 Å². The van der Waals surface area contributed by atoms with E-state index in [1.165, 1.54) is 5.56 Å². The molecule has 4 aromatic heterocycles. The van der Waals surface area contributed by atoms with E-state index >= 15 is 0 Å². The van der Waals surface area contributed by atoms with E-state index in [1.54, 1.807) is 0 Å². The van der Waals surface area contributed by atoms with Gasteiger partial charge in [0.1, 0.15) is 17.0 Å². The van der Waals surface area contributed by atoms with Crippen molar-refractivity contribution in [3.8, 4) is 11.3 Å². The average molecular weight is 470 g/mol. The van der Waals surface area contributed by atoms with Crippen molar-refractivity contribution in [2.24, 2.45) is 5.41 Å². The number of anilines is 1. The Kier molecular flexibility index (Phi) is 4.59. The maximum Gasteiger partial charge on any atom is 0.137 e. The van der Waals surface area contributed by atoms with Crippen molar-refractivity contribution in [3.63, 3.8) is 0 Å². The third-order valence-electron chi connectivity index (χ3n) is 7.88. The lowest BCUT2D eigenvalue weighted by atomic mass is 9.41. The van der Waals surface area contributed by atoms with Crippen molar-refractivity contribution >= 4 is 11.3 Å². The molecule has 0 saturated heterocycles. The number of rotatable bonds is 8. The molecule has 5 heterocycles. The average Bonchev–Trinajstić information content (AvgIpc) is 3.58. The van der Waals surface area contributed by atoms with Gasteiger partial charge in [-0.15, -0.1) is 5.10 Å². The molecule has 1 aliphatic heterocycles. The lowest BCUT2D eigenvalue weighted by Crippen LogP contribution is -2.64. The number of aryl methyl sites for hydroxylation is 1. The zero-order valence-corrected chi connectivity index (χ0v) is 19.6. The summed E-state index contributed by atoms with van der Waals surface area (Å²) in [5.74, 6) is 0. The third-order valence-corrected chi connectivity index (χ3v) is 7.88. The molecule has 4 aromatic rings. The van der Waals surface area contributed by atoms with Crippen LogP contribution in [0.1, 0.15) is 43.4 Å². The minimum absolute atomic E-state index is 0.334. The van der Waals surface area contributed by atoms with Crippen molar-refractivity contribution in [2.45, 2.75) is 50.7 Å². The number of halogens is 1. The summed E-state index contributed by atoms with van der Waals surface area (Å²) in [5, 5.41) is 8.70. The molecule has 2 bridgehead atoms. The molecule has 3 fully saturated rings. The highest BCUT2D eigenvalue weighted by atomic mass is 19.1. The molecule has 0 radical (unpaired) electrons. The highest BCUT2D eigenvalue weighted by Crippen LogP contribution is 2.71. The van der Waals surface area contributed by atoms with Gasteiger partial charge in [0.2, 0.25) is 0 Å². The van der Waals surface area contributed by atoms with Gasteiger partial charge in [0, 0.05) is 37.2 Å². The highest BCUT2D eigenvalue weighted by molar-refractivity contribution is 5.63. The van der Waals surface area contributed by atoms with Crippen molar-refractivity contribution in [1.82, 2.24) is 29.4 Å². The van der Waals surface area contributed by atoms with E-state index in [4.69, 9.17) is 4.98 Å². The second-order valence-electron chi connectivity index (χ2n) is 10.7. The number of nitrogens with zero attached hydrogens (tertiary/aromatic N) is 7. The molecule has 0 N–H and O–H groups in total. The predicted molar refractivity (Wildman–Crippen MR) is 132 cm³/mol. The van der Waals surface area contributed by atoms with E-state index < -0.39 is 5.67 Å². The Balaban J connectivity index is 1.01. The SMILES string of the molecule is FC12CC(CCCc3ccc4nc(Cn5cc(-c6cncc(N7CC=CC7)c6)nn5)cn4c3)(C1)C2. The van der Waals surface area contributed by atoms with Crippen LogP contribution in [0.2, 0.25) is 0 Å². The van der Waals surface area contributed by atoms with E-state index in [1.807, 2.05) is 23.3 Å². The second-order valence-corrected chi connectivity index (χ2v) is 10.7. The molecule has 3 saturated carbocycles. The lowest BCUT2D eigenvalue weighted by Gasteiger charge is -2.66. The van der Waals surface area contributed by atoms with Gasteiger partial charge in [0.05, 0.1) is 30.3 Å². The fraction of sp³-hybridized carbons (Fsp3) is 0.407. The summed E-state index contributed by atoms with van der Waals surface area (Å²) >= 11 is 0. The monoisotopic (exact) mass is 469 g/mol. The molecule has 0 atom stereocenters. The van der Waals surface area contributed by atoms with Gasteiger partial charge in [0.25, 0.3) is 0 Å². The molecule has 7 nitrogen and oxygen atoms in total. The first-order chi connectivity index (χ1) is 17.0. The van der Waals surface area contributed by atoms with Gasteiger partial charge in [-0.3, -0.25) is 4.98 Å². The Morgan fingerprint density at radius 3 is 2.69 bits per heavy atom. The molecular formula is C27H28FN7. The van der Waals surface area contributed by atoms with Crippen molar-refractivity contribution in [3.05, 3.63) is 72.6 Å². The number of aromatic nitrogens is 6. The quantitative estimate of drug-likeness (QED) is 0.352. The van der Waals surface area contributed by atoms with Crippen LogP contribution in [0.4, 0.5) is 10.1 Å². The molecule has 0 unspecified atom stereocenters. The van der Waals surface area contributed by atoms with Crippen LogP contribution in [0.15, 0.2) is 61.3 Å². The van der Waals surface area contributed by atoms with Crippen LogP contribution in [0.3, 0.4) is 0 Å². The van der Waals surface area contributed by atoms with Crippen LogP contribution in [0.25, 0.3) is 16.9 Å². The molecule has 0 amide bonds. The highest BCUT2D eigenvalue weighted by Gasteiger charge is 2.68. The van der Waals surface area contributed by atoms with Crippen LogP contribution < -0.4 is 4.90 Å². The summed E-state index contributed by atoms with van der Waals surface area (Å²) in [4.78, 5) is 11.4. The van der Waals surface area contributed by atoms with E-state index in [9.17, 15) is 4.39 Å². The number of hydrogen-bond donors (Lipinski definition) is 0. The zero-order chi connectivity index (χ0) is 23.5. The van der Waals surface area contributed by atoms with Gasteiger partial charge in [-0.25, -0.2) is 14.1 Å². The maximum atomic E-state index is 13.7. The second kappa shape index (κ2) is 7.73. The lowest BCUT2D eigenvalue weighted by molar-refractivity contribution is -0.216. The Bertz CT molecular complexity index is 1410. The first-order valence-corrected chi connectivity index (χ1v) is 12.5. The maximum absolute atomic E-state index is 13.7. The molecule has 178 valence electrons. The van der Waals surface area contributed by atoms with Crippen LogP contribution in [-0.2, 0) is 13.0 Å². The van der Waals surface area contributed by atoms with Crippen molar-refractivity contribution < 1.29 is 4.39 Å². The van der Waals surface area contributed by atoms with Gasteiger partial charge in [-0.05, 0) is 61.6 Å². The van der Waals surface area contributed by atoms with Crippen molar-refractivity contribution in [2.75, 3.05) is 18.0 Å². The first kappa shape index (κ1) is 20.8. The Morgan fingerprint density at radius 1 is 1.00 bits per heavy atom. The van der Waals surface area contributed by atoms with Gasteiger partial charge in [-0.2, -0.15) is 0 Å². The van der Waals surface area contributed by atoms with Crippen LogP contribution >= 0.6 is 0 Å². The van der Waals surface area contributed by atoms with E-state index in [0.717, 1.165) is 79.9 Å². The van der Waals surface area contributed by atoms with Crippen LogP contribution in [-0.4, -0.2) is 48.1 Å². The number of fused-ring (bicyclic) bond motifs is 1. The van der Waals surface area contributed by atoms with Gasteiger partial charge in [0.15, 0.2) is 0 Å². The summed E-state index contributed by atoms with van der Waals surface area (Å²) in [5.41, 5.74) is 5.57. The number of pyridine rings is 2. The van der Waals surface area contributed by atoms with Crippen LogP contribution in [0.5, 0.6) is 0 Å². The standard InChI is InChI=1S/C27H28FN7/c28-27-17-26(18-27,19-27)7-3-4-20-5-6-25-30-22(14-34(25)13-20)15-35-16-24(31-32-35)21-10-23(12-29-11-21)33-8-1-2-9-33/h1-2,5-6,10-14,16H,3-4,7-9,15,17-19H2. The molecule has 0 spiro atoms. The fourth-order valence-electron chi connectivity index (χ4n) is 6.21. The van der Waals surface area contributed by atoms with Gasteiger partial charge in [-0.1, -0.05) is 23.4 Å². The van der Waals surface area contributed by atoms with Gasteiger partial charge < -0.3 is 9.30 Å². The van der Waals surface area contributed by atoms with Gasteiger partial charge >= 0.3 is 0 Å². The summed E-state index contributed by atoms with van der Waals surface area (Å²) in [6.07, 6.45) is 19.9. The molecule has 8 rings (SSSR count). The molecular weight excluding hydrogens is 441 g/mol. The zero-order valence-electron chi connectivity index (χ0n) is 19.6.